The minimum absolute atomic E-state index is 0.134. The summed E-state index contributed by atoms with van der Waals surface area (Å²) in [4.78, 5) is 0. The molecule has 154 valence electrons. The molecule has 1 unspecified atom stereocenters. The lowest BCUT2D eigenvalue weighted by atomic mass is 10.2. The molecule has 3 aromatic rings. The van der Waals surface area contributed by atoms with Crippen LogP contribution in [0.3, 0.4) is 0 Å². The van der Waals surface area contributed by atoms with Crippen LogP contribution in [0.2, 0.25) is 0 Å². The van der Waals surface area contributed by atoms with Gasteiger partial charge in [-0.25, -0.2) is 4.39 Å². The Bertz CT molecular complexity index is 1010. The molecule has 0 N–H and O–H groups in total. The fourth-order valence-electron chi connectivity index (χ4n) is 3.28. The normalized spacial score (nSPS) is 15.8. The first-order valence-electron chi connectivity index (χ1n) is 9.79. The van der Waals surface area contributed by atoms with Gasteiger partial charge in [-0.15, -0.1) is 10.2 Å². The molecule has 4 rings (SSSR count). The van der Waals surface area contributed by atoms with E-state index < -0.39 is 0 Å². The van der Waals surface area contributed by atoms with Gasteiger partial charge in [-0.1, -0.05) is 11.8 Å². The molecule has 1 fully saturated rings. The summed E-state index contributed by atoms with van der Waals surface area (Å²) in [5.41, 5.74) is 1.43. The van der Waals surface area contributed by atoms with Gasteiger partial charge >= 0.3 is 0 Å². The maximum absolute atomic E-state index is 13.3. The standard InChI is InChI=1S/C22H21FN4O2S/c23-18-7-5-17(6-8-18)21-25-26-22(27(21)15-20-2-1-11-28-20)30-13-12-29-19-9-3-16(14-24)4-10-19/h3-10,20H,1-2,11-13,15H2. The second kappa shape index (κ2) is 9.74. The number of nitriles is 1. The molecule has 1 aromatic heterocycles. The summed E-state index contributed by atoms with van der Waals surface area (Å²) < 4.78 is 26.9. The van der Waals surface area contributed by atoms with Crippen LogP contribution in [0.15, 0.2) is 53.7 Å². The maximum Gasteiger partial charge on any atom is 0.191 e. The van der Waals surface area contributed by atoms with Crippen LogP contribution in [-0.4, -0.2) is 39.8 Å². The fraction of sp³-hybridized carbons (Fsp3) is 0.318. The van der Waals surface area contributed by atoms with Gasteiger partial charge in [0.25, 0.3) is 0 Å². The molecule has 0 amide bonds. The molecule has 8 heteroatoms. The molecule has 0 spiro atoms. The third-order valence-corrected chi connectivity index (χ3v) is 5.73. The molecule has 2 heterocycles. The van der Waals surface area contributed by atoms with Crippen molar-refractivity contribution < 1.29 is 13.9 Å². The number of halogens is 1. The number of benzene rings is 2. The van der Waals surface area contributed by atoms with Crippen molar-refractivity contribution in [1.29, 1.82) is 5.26 Å². The number of nitrogens with zero attached hydrogens (tertiary/aromatic N) is 4. The van der Waals surface area contributed by atoms with E-state index in [0.29, 0.717) is 30.3 Å². The van der Waals surface area contributed by atoms with Crippen LogP contribution >= 0.6 is 11.8 Å². The SMILES string of the molecule is N#Cc1ccc(OCCSc2nnc(-c3ccc(F)cc3)n2CC2CCCO2)cc1. The number of aromatic nitrogens is 3. The van der Waals surface area contributed by atoms with Crippen LogP contribution in [0.4, 0.5) is 4.39 Å². The first kappa shape index (κ1) is 20.4. The molecule has 1 saturated heterocycles. The van der Waals surface area contributed by atoms with Gasteiger partial charge in [0, 0.05) is 17.9 Å². The van der Waals surface area contributed by atoms with Gasteiger partial charge in [-0.05, 0) is 61.4 Å². The van der Waals surface area contributed by atoms with Crippen LogP contribution in [-0.2, 0) is 11.3 Å². The first-order chi connectivity index (χ1) is 14.7. The van der Waals surface area contributed by atoms with Crippen molar-refractivity contribution in [2.24, 2.45) is 0 Å². The highest BCUT2D eigenvalue weighted by Crippen LogP contribution is 2.27. The van der Waals surface area contributed by atoms with Crippen LogP contribution < -0.4 is 4.74 Å². The highest BCUT2D eigenvalue weighted by molar-refractivity contribution is 7.99. The highest BCUT2D eigenvalue weighted by Gasteiger charge is 2.21. The third kappa shape index (κ3) is 4.99. The van der Waals surface area contributed by atoms with Gasteiger partial charge in [0.2, 0.25) is 0 Å². The molecular formula is C22H21FN4O2S. The minimum Gasteiger partial charge on any atom is -0.493 e. The van der Waals surface area contributed by atoms with E-state index >= 15 is 0 Å². The second-order valence-corrected chi connectivity index (χ2v) is 7.95. The molecule has 0 aliphatic carbocycles. The van der Waals surface area contributed by atoms with E-state index in [-0.39, 0.29) is 11.9 Å². The molecular weight excluding hydrogens is 403 g/mol. The van der Waals surface area contributed by atoms with Crippen molar-refractivity contribution in [2.45, 2.75) is 30.6 Å². The summed E-state index contributed by atoms with van der Waals surface area (Å²) in [6, 6.07) is 15.4. The first-order valence-corrected chi connectivity index (χ1v) is 10.8. The topological polar surface area (TPSA) is 73.0 Å². The number of ether oxygens (including phenoxy) is 2. The smallest absolute Gasteiger partial charge is 0.191 e. The molecule has 1 atom stereocenters. The average molecular weight is 425 g/mol. The Morgan fingerprint density at radius 2 is 1.97 bits per heavy atom. The highest BCUT2D eigenvalue weighted by atomic mass is 32.2. The van der Waals surface area contributed by atoms with Gasteiger partial charge in [0.15, 0.2) is 11.0 Å². The molecule has 30 heavy (non-hydrogen) atoms. The Kier molecular flexibility index (Phi) is 6.62. The maximum atomic E-state index is 13.3. The van der Waals surface area contributed by atoms with Crippen molar-refractivity contribution in [3.8, 4) is 23.2 Å². The predicted molar refractivity (Wildman–Crippen MR) is 112 cm³/mol. The Labute approximate surface area is 178 Å². The summed E-state index contributed by atoms with van der Waals surface area (Å²) >= 11 is 1.56. The predicted octanol–water partition coefficient (Wildman–Crippen LogP) is 4.31. The Morgan fingerprint density at radius 1 is 1.17 bits per heavy atom. The molecule has 0 radical (unpaired) electrons. The number of hydrogen-bond donors (Lipinski definition) is 0. The molecule has 1 aliphatic heterocycles. The zero-order chi connectivity index (χ0) is 20.8. The summed E-state index contributed by atoms with van der Waals surface area (Å²) in [7, 11) is 0. The van der Waals surface area contributed by atoms with Gasteiger partial charge in [0.05, 0.1) is 30.9 Å². The van der Waals surface area contributed by atoms with Crippen molar-refractivity contribution >= 4 is 11.8 Å². The molecule has 2 aromatic carbocycles. The van der Waals surface area contributed by atoms with E-state index in [9.17, 15) is 4.39 Å². The zero-order valence-corrected chi connectivity index (χ0v) is 17.1. The van der Waals surface area contributed by atoms with E-state index in [2.05, 4.69) is 20.8 Å². The third-order valence-electron chi connectivity index (χ3n) is 4.80. The van der Waals surface area contributed by atoms with E-state index in [4.69, 9.17) is 14.7 Å². The minimum atomic E-state index is -0.279. The largest absolute Gasteiger partial charge is 0.493 e. The van der Waals surface area contributed by atoms with E-state index in [1.165, 1.54) is 12.1 Å². The molecule has 6 nitrogen and oxygen atoms in total. The molecule has 0 saturated carbocycles. The average Bonchev–Trinajstić information content (AvgIpc) is 3.43. The monoisotopic (exact) mass is 424 g/mol. The Balaban J connectivity index is 1.43. The summed E-state index contributed by atoms with van der Waals surface area (Å²) in [6.07, 6.45) is 2.20. The van der Waals surface area contributed by atoms with Gasteiger partial charge in [0.1, 0.15) is 11.6 Å². The molecule has 0 bridgehead atoms. The zero-order valence-electron chi connectivity index (χ0n) is 16.3. The van der Waals surface area contributed by atoms with Crippen molar-refractivity contribution in [3.05, 3.63) is 59.9 Å². The number of hydrogen-bond acceptors (Lipinski definition) is 6. The summed E-state index contributed by atoms with van der Waals surface area (Å²) in [6.45, 7) is 1.94. The van der Waals surface area contributed by atoms with Gasteiger partial charge in [-0.2, -0.15) is 5.26 Å². The Hall–Kier alpha value is -2.89. The lowest BCUT2D eigenvalue weighted by molar-refractivity contribution is 0.0953. The number of rotatable bonds is 8. The van der Waals surface area contributed by atoms with Gasteiger partial charge in [-0.3, -0.25) is 4.57 Å². The Morgan fingerprint density at radius 3 is 2.67 bits per heavy atom. The van der Waals surface area contributed by atoms with Crippen LogP contribution in [0.25, 0.3) is 11.4 Å². The van der Waals surface area contributed by atoms with E-state index in [0.717, 1.165) is 35.9 Å². The van der Waals surface area contributed by atoms with Crippen LogP contribution in [0.1, 0.15) is 18.4 Å². The quantitative estimate of drug-likeness (QED) is 0.396. The van der Waals surface area contributed by atoms with Crippen molar-refractivity contribution in [2.75, 3.05) is 19.0 Å². The fourth-order valence-corrected chi connectivity index (χ4v) is 4.05. The number of thioether (sulfide) groups is 1. The van der Waals surface area contributed by atoms with Crippen molar-refractivity contribution in [1.82, 2.24) is 14.8 Å². The van der Waals surface area contributed by atoms with E-state index in [1.54, 1.807) is 48.2 Å². The molecule has 1 aliphatic rings. The second-order valence-electron chi connectivity index (χ2n) is 6.89. The lowest BCUT2D eigenvalue weighted by Gasteiger charge is -2.15. The van der Waals surface area contributed by atoms with Crippen LogP contribution in [0, 0.1) is 17.1 Å². The van der Waals surface area contributed by atoms with Gasteiger partial charge < -0.3 is 9.47 Å². The lowest BCUT2D eigenvalue weighted by Crippen LogP contribution is -2.17. The van der Waals surface area contributed by atoms with Crippen molar-refractivity contribution in [3.63, 3.8) is 0 Å². The van der Waals surface area contributed by atoms with Crippen LogP contribution in [0.5, 0.6) is 5.75 Å². The summed E-state index contributed by atoms with van der Waals surface area (Å²) in [5, 5.41) is 18.4. The van der Waals surface area contributed by atoms with E-state index in [1.807, 2.05) is 0 Å². The summed E-state index contributed by atoms with van der Waals surface area (Å²) in [5.74, 6) is 1.84.